The number of rotatable bonds is 12. The quantitative estimate of drug-likeness (QED) is 0.121. The highest BCUT2D eigenvalue weighted by atomic mass is 15.0. The highest BCUT2D eigenvalue weighted by molar-refractivity contribution is 5.91. The van der Waals surface area contributed by atoms with Gasteiger partial charge in [-0.1, -0.05) is 352 Å². The van der Waals surface area contributed by atoms with Crippen LogP contribution in [0.5, 0.6) is 0 Å². The Hall–Kier alpha value is -13.7. The molecule has 0 aliphatic heterocycles. The van der Waals surface area contributed by atoms with Crippen molar-refractivity contribution in [3.63, 3.8) is 0 Å². The van der Waals surface area contributed by atoms with E-state index in [4.69, 9.17) is 29.9 Å². The minimum atomic E-state index is -0.498. The summed E-state index contributed by atoms with van der Waals surface area (Å²) in [5.41, 5.74) is 31.8. The Bertz CT molecular complexity index is 5840. The van der Waals surface area contributed by atoms with Crippen LogP contribution in [0.2, 0.25) is 0 Å². The van der Waals surface area contributed by atoms with Crippen molar-refractivity contribution in [1.29, 1.82) is 0 Å². The average Bonchev–Trinajstić information content (AvgIpc) is 1.26. The number of nitrogens with zero attached hydrogens (tertiary/aromatic N) is 6. The normalized spacial score (nSPS) is 14.8. The van der Waals surface area contributed by atoms with Crippen molar-refractivity contribution in [2.45, 2.75) is 22.7 Å². The zero-order chi connectivity index (χ0) is 69.9. The lowest BCUT2D eigenvalue weighted by molar-refractivity contribution is 0.754. The third-order valence-corrected chi connectivity index (χ3v) is 22.8. The summed E-state index contributed by atoms with van der Waals surface area (Å²) in [5.74, 6) is 3.62. The van der Waals surface area contributed by atoms with Gasteiger partial charge in [-0.2, -0.15) is 0 Å². The van der Waals surface area contributed by atoms with Gasteiger partial charge in [0.25, 0.3) is 0 Å². The predicted molar refractivity (Wildman–Crippen MR) is 426 cm³/mol. The summed E-state index contributed by atoms with van der Waals surface area (Å²) in [5, 5.41) is 0. The maximum atomic E-state index is 5.38. The summed E-state index contributed by atoms with van der Waals surface area (Å²) in [6.45, 7) is 0. The summed E-state index contributed by atoms with van der Waals surface area (Å²) < 4.78 is 0. The molecule has 0 radical (unpaired) electrons. The van der Waals surface area contributed by atoms with Gasteiger partial charge in [0.15, 0.2) is 34.9 Å². The lowest BCUT2D eigenvalue weighted by atomic mass is 9.61. The second kappa shape index (κ2) is 24.5. The fourth-order valence-electron chi connectivity index (χ4n) is 18.1. The zero-order valence-corrected chi connectivity index (χ0v) is 57.6. The van der Waals surface area contributed by atoms with E-state index >= 15 is 0 Å². The zero-order valence-electron chi connectivity index (χ0n) is 57.6. The first kappa shape index (κ1) is 61.0. The molecule has 0 fully saturated rings. The summed E-state index contributed by atoms with van der Waals surface area (Å²) in [6.07, 6.45) is 0. The van der Waals surface area contributed by atoms with Crippen LogP contribution in [-0.4, -0.2) is 29.9 Å². The Morgan fingerprint density at radius 2 is 0.406 bits per heavy atom. The number of hydrogen-bond acceptors (Lipinski definition) is 6. The Morgan fingerprint density at radius 3 is 0.755 bits per heavy atom. The van der Waals surface area contributed by atoms with Crippen LogP contribution in [0.25, 0.3) is 113 Å². The number of hydrogen-bond donors (Lipinski definition) is 0. The molecule has 17 aromatic rings. The van der Waals surface area contributed by atoms with Crippen LogP contribution in [0.15, 0.2) is 376 Å². The average molecular weight is 1350 g/mol. The van der Waals surface area contributed by atoms with Gasteiger partial charge in [-0.05, 0) is 147 Å². The van der Waals surface area contributed by atoms with E-state index in [1.54, 1.807) is 0 Å². The van der Waals surface area contributed by atoms with Crippen LogP contribution in [0.3, 0.4) is 0 Å². The van der Waals surface area contributed by atoms with Gasteiger partial charge in [0.05, 0.1) is 10.8 Å². The Morgan fingerprint density at radius 1 is 0.160 bits per heavy atom. The third-order valence-electron chi connectivity index (χ3n) is 22.8. The lowest BCUT2D eigenvalue weighted by Crippen LogP contribution is -2.28. The summed E-state index contributed by atoms with van der Waals surface area (Å²) >= 11 is 0. The number of benzene rings is 15. The molecular weight excluding hydrogens is 1290 g/mol. The number of fused-ring (bicyclic) bond motifs is 6. The van der Waals surface area contributed by atoms with Gasteiger partial charge >= 0.3 is 0 Å². The maximum absolute atomic E-state index is 5.38. The van der Waals surface area contributed by atoms with Crippen molar-refractivity contribution in [3.8, 4) is 113 Å². The molecule has 2 heterocycles. The van der Waals surface area contributed by atoms with Crippen LogP contribution in [0.1, 0.15) is 89.7 Å². The summed E-state index contributed by atoms with van der Waals surface area (Å²) in [7, 11) is 0. The molecule has 2 bridgehead atoms. The largest absolute Gasteiger partial charge is 0.208 e. The maximum Gasteiger partial charge on any atom is 0.164 e. The smallest absolute Gasteiger partial charge is 0.164 e. The molecule has 2 atom stereocenters. The van der Waals surface area contributed by atoms with E-state index in [1.165, 1.54) is 100 Å². The van der Waals surface area contributed by atoms with Crippen molar-refractivity contribution in [1.82, 2.24) is 29.9 Å². The van der Waals surface area contributed by atoms with Crippen molar-refractivity contribution in [2.24, 2.45) is 0 Å². The fourth-order valence-corrected chi connectivity index (χ4v) is 18.1. The van der Waals surface area contributed by atoms with Crippen LogP contribution >= 0.6 is 0 Å². The van der Waals surface area contributed by atoms with E-state index in [-0.39, 0.29) is 11.8 Å². The molecule has 5 aliphatic carbocycles. The molecule has 15 aromatic carbocycles. The highest BCUT2D eigenvalue weighted by Gasteiger charge is 2.48. The van der Waals surface area contributed by atoms with Crippen molar-refractivity contribution < 1.29 is 0 Å². The van der Waals surface area contributed by atoms with Gasteiger partial charge in [0.1, 0.15) is 0 Å². The molecule has 0 N–H and O–H groups in total. The fraction of sp³-hybridized carbons (Fsp3) is 0.0400. The first-order valence-corrected chi connectivity index (χ1v) is 36.5. The van der Waals surface area contributed by atoms with Crippen molar-refractivity contribution >= 4 is 0 Å². The topological polar surface area (TPSA) is 77.3 Å². The van der Waals surface area contributed by atoms with E-state index in [2.05, 4.69) is 340 Å². The van der Waals surface area contributed by atoms with E-state index in [1.807, 2.05) is 36.4 Å². The molecule has 0 amide bonds. The van der Waals surface area contributed by atoms with Gasteiger partial charge in [-0.25, -0.2) is 29.9 Å². The Labute approximate surface area is 615 Å². The molecule has 0 saturated heterocycles. The minimum Gasteiger partial charge on any atom is -0.208 e. The van der Waals surface area contributed by atoms with Crippen LogP contribution < -0.4 is 0 Å². The second-order valence-electron chi connectivity index (χ2n) is 28.3. The standard InChI is InChI=1S/C100H64N6/c1-7-25-65(26-8-1)93-101-95(67-47-43-63(44-48-67)69-51-55-79-77-37-21-23-41-87(77)99(89(79)61-69,73-29-11-3-12-30-73)74-31-13-4-14-32-74)105-97(103-93)71-53-57-83-85(59-71)91-81-39-19-20-40-82(81)92(83)86-60-72(54-58-84(86)91)98-104-94(66-27-9-2-10-28-66)102-96(106-98)68-49-45-64(46-50-68)70-52-56-80-78-38-22-24-42-88(78)100(90(80)62-70,75-33-15-5-16-34-75)76-35-17-6-18-36-76/h1-62,91-92H. The number of aromatic nitrogens is 6. The first-order chi connectivity index (χ1) is 52.5. The minimum absolute atomic E-state index is 0.0389. The first-order valence-electron chi connectivity index (χ1n) is 36.5. The molecular formula is C100H64N6. The SMILES string of the molecule is c1ccc(-c2nc(-c3ccc(-c4ccc5c(c4)C(c4ccccc4)(c4ccccc4)c4ccccc4-5)cc3)nc(-c3ccc4c(c3)C3c5ccccc5C4c4cc(-c5nc(-c6ccccc6)nc(-c6ccc(-c7ccc8c(c7)C(c7ccccc7)(c7ccccc7)c7ccccc7-8)cc6)n5)ccc43)n2)cc1. The lowest BCUT2D eigenvalue weighted by Gasteiger charge is -2.42. The van der Waals surface area contributed by atoms with E-state index in [0.29, 0.717) is 34.9 Å². The van der Waals surface area contributed by atoms with Gasteiger partial charge in [-0.3, -0.25) is 0 Å². The van der Waals surface area contributed by atoms with Crippen LogP contribution in [0.4, 0.5) is 0 Å². The van der Waals surface area contributed by atoms with Crippen molar-refractivity contribution in [3.05, 3.63) is 454 Å². The van der Waals surface area contributed by atoms with E-state index in [0.717, 1.165) is 55.6 Å². The Balaban J connectivity index is 0.623. The molecule has 5 aliphatic rings. The van der Waals surface area contributed by atoms with Crippen LogP contribution in [0, 0.1) is 0 Å². The molecule has 2 unspecified atom stereocenters. The van der Waals surface area contributed by atoms with Gasteiger partial charge in [-0.15, -0.1) is 0 Å². The molecule has 106 heavy (non-hydrogen) atoms. The summed E-state index contributed by atoms with van der Waals surface area (Å²) in [4.78, 5) is 31.8. The second-order valence-corrected chi connectivity index (χ2v) is 28.3. The Kier molecular flexibility index (Phi) is 14.1. The molecule has 22 rings (SSSR count). The monoisotopic (exact) mass is 1350 g/mol. The van der Waals surface area contributed by atoms with Crippen molar-refractivity contribution in [2.75, 3.05) is 0 Å². The third kappa shape index (κ3) is 9.51. The van der Waals surface area contributed by atoms with Gasteiger partial charge in [0, 0.05) is 45.2 Å². The molecule has 6 nitrogen and oxygen atoms in total. The van der Waals surface area contributed by atoms with E-state index in [9.17, 15) is 0 Å². The highest BCUT2D eigenvalue weighted by Crippen LogP contribution is 2.60. The van der Waals surface area contributed by atoms with Gasteiger partial charge < -0.3 is 0 Å². The molecule has 2 aromatic heterocycles. The molecule has 494 valence electrons. The molecule has 6 heteroatoms. The predicted octanol–water partition coefficient (Wildman–Crippen LogP) is 23.1. The van der Waals surface area contributed by atoms with E-state index < -0.39 is 10.8 Å². The molecule has 0 spiro atoms. The summed E-state index contributed by atoms with van der Waals surface area (Å²) in [6, 6.07) is 137. The van der Waals surface area contributed by atoms with Crippen LogP contribution in [-0.2, 0) is 10.8 Å². The van der Waals surface area contributed by atoms with Gasteiger partial charge in [0.2, 0.25) is 0 Å². The molecule has 0 saturated carbocycles.